The van der Waals surface area contributed by atoms with Gasteiger partial charge in [-0.3, -0.25) is 4.90 Å². The average molecular weight is 250 g/mol. The lowest BCUT2D eigenvalue weighted by Gasteiger charge is -2.21. The van der Waals surface area contributed by atoms with Crippen molar-refractivity contribution in [2.75, 3.05) is 24.6 Å². The fraction of sp³-hybridized carbons (Fsp3) is 0.750. The van der Waals surface area contributed by atoms with Gasteiger partial charge in [-0.25, -0.2) is 0 Å². The second-order valence-electron chi connectivity index (χ2n) is 5.44. The Bertz CT molecular complexity index is 387. The maximum absolute atomic E-state index is 5.58. The highest BCUT2D eigenvalue weighted by molar-refractivity contribution is 5.25. The van der Waals surface area contributed by atoms with Crippen molar-refractivity contribution in [3.8, 4) is 0 Å². The van der Waals surface area contributed by atoms with Crippen LogP contribution in [0.25, 0.3) is 0 Å². The van der Waals surface area contributed by atoms with Crippen LogP contribution >= 0.6 is 0 Å². The number of anilines is 2. The summed E-state index contributed by atoms with van der Waals surface area (Å²) in [5.74, 6) is 2.57. The molecule has 2 rings (SSSR count). The molecule has 0 bridgehead atoms. The van der Waals surface area contributed by atoms with Crippen LogP contribution in [0.4, 0.5) is 11.9 Å². The molecule has 1 saturated heterocycles. The lowest BCUT2D eigenvalue weighted by molar-refractivity contribution is 0.242. The first-order valence-corrected chi connectivity index (χ1v) is 6.51. The number of hydrogen-bond acceptors (Lipinski definition) is 6. The Morgan fingerprint density at radius 3 is 2.44 bits per heavy atom. The molecule has 0 spiro atoms. The second-order valence-corrected chi connectivity index (χ2v) is 5.44. The molecule has 1 aromatic rings. The predicted molar refractivity (Wildman–Crippen MR) is 71.5 cm³/mol. The van der Waals surface area contributed by atoms with Crippen molar-refractivity contribution in [2.45, 2.75) is 33.2 Å². The summed E-state index contributed by atoms with van der Waals surface area (Å²) in [5, 5.41) is 0. The Hall–Kier alpha value is -1.43. The van der Waals surface area contributed by atoms with Crippen LogP contribution in [0.3, 0.4) is 0 Å². The van der Waals surface area contributed by atoms with Crippen LogP contribution in [0.1, 0.15) is 32.5 Å². The average Bonchev–Trinajstić information content (AvgIpc) is 2.38. The Labute approximate surface area is 108 Å². The molecular weight excluding hydrogens is 228 g/mol. The number of nitrogen functional groups attached to an aromatic ring is 2. The summed E-state index contributed by atoms with van der Waals surface area (Å²) < 4.78 is 0. The van der Waals surface area contributed by atoms with Gasteiger partial charge in [0, 0.05) is 6.54 Å². The minimum atomic E-state index is 0.203. The van der Waals surface area contributed by atoms with E-state index in [-0.39, 0.29) is 11.9 Å². The maximum atomic E-state index is 5.58. The molecule has 0 unspecified atom stereocenters. The minimum absolute atomic E-state index is 0.203. The van der Waals surface area contributed by atoms with Crippen LogP contribution in [-0.4, -0.2) is 32.9 Å². The van der Waals surface area contributed by atoms with Crippen LogP contribution in [0, 0.1) is 11.8 Å². The molecule has 100 valence electrons. The van der Waals surface area contributed by atoms with Crippen molar-refractivity contribution in [2.24, 2.45) is 11.8 Å². The normalized spacial score (nSPS) is 25.9. The van der Waals surface area contributed by atoms with Crippen LogP contribution in [0.2, 0.25) is 0 Å². The first kappa shape index (κ1) is 13.0. The third-order valence-corrected chi connectivity index (χ3v) is 3.39. The quantitative estimate of drug-likeness (QED) is 0.810. The Balaban J connectivity index is 2.03. The summed E-state index contributed by atoms with van der Waals surface area (Å²) in [6.07, 6.45) is 2.51. The number of nitrogens with two attached hydrogens (primary N) is 2. The molecule has 1 aromatic heterocycles. The van der Waals surface area contributed by atoms with Gasteiger partial charge in [0.15, 0.2) is 0 Å². The number of hydrogen-bond donors (Lipinski definition) is 2. The number of rotatable bonds is 2. The standard InChI is InChI=1S/C12H22N6/c1-8-3-4-18(6-9(2)5-8)7-10-15-11(13)17-12(14)16-10/h8-9H,3-7H2,1-2H3,(H4,13,14,15,16,17)/t8-,9-/m1/s1. The van der Waals surface area contributed by atoms with Gasteiger partial charge in [0.25, 0.3) is 0 Å². The number of likely N-dealkylation sites (tertiary alicyclic amines) is 1. The molecule has 0 aromatic carbocycles. The minimum Gasteiger partial charge on any atom is -0.368 e. The van der Waals surface area contributed by atoms with E-state index in [0.717, 1.165) is 19.0 Å². The summed E-state index contributed by atoms with van der Waals surface area (Å²) >= 11 is 0. The fourth-order valence-corrected chi connectivity index (χ4v) is 2.69. The summed E-state index contributed by atoms with van der Waals surface area (Å²) in [5.41, 5.74) is 11.2. The third kappa shape index (κ3) is 3.53. The molecule has 1 aliphatic heterocycles. The molecule has 2 heterocycles. The Morgan fingerprint density at radius 2 is 1.78 bits per heavy atom. The summed E-state index contributed by atoms with van der Waals surface area (Å²) in [6.45, 7) is 7.48. The first-order valence-electron chi connectivity index (χ1n) is 6.51. The molecule has 2 atom stereocenters. The molecule has 1 aliphatic rings. The van der Waals surface area contributed by atoms with E-state index in [2.05, 4.69) is 33.7 Å². The van der Waals surface area contributed by atoms with Gasteiger partial charge in [-0.2, -0.15) is 15.0 Å². The van der Waals surface area contributed by atoms with Crippen LogP contribution in [-0.2, 0) is 6.54 Å². The van der Waals surface area contributed by atoms with Crippen molar-refractivity contribution in [3.63, 3.8) is 0 Å². The highest BCUT2D eigenvalue weighted by Crippen LogP contribution is 2.22. The van der Waals surface area contributed by atoms with Crippen LogP contribution in [0.5, 0.6) is 0 Å². The van der Waals surface area contributed by atoms with E-state index >= 15 is 0 Å². The molecule has 6 heteroatoms. The van der Waals surface area contributed by atoms with E-state index in [1.165, 1.54) is 12.8 Å². The summed E-state index contributed by atoms with van der Waals surface area (Å²) in [4.78, 5) is 14.4. The van der Waals surface area contributed by atoms with Crippen molar-refractivity contribution in [3.05, 3.63) is 5.82 Å². The van der Waals surface area contributed by atoms with Gasteiger partial charge in [-0.15, -0.1) is 0 Å². The van der Waals surface area contributed by atoms with Gasteiger partial charge < -0.3 is 11.5 Å². The van der Waals surface area contributed by atoms with E-state index in [1.807, 2.05) is 0 Å². The first-order chi connectivity index (χ1) is 8.52. The molecule has 18 heavy (non-hydrogen) atoms. The van der Waals surface area contributed by atoms with Crippen LogP contribution in [0.15, 0.2) is 0 Å². The zero-order valence-corrected chi connectivity index (χ0v) is 11.1. The van der Waals surface area contributed by atoms with Crippen molar-refractivity contribution in [1.29, 1.82) is 0 Å². The number of aromatic nitrogens is 3. The largest absolute Gasteiger partial charge is 0.368 e. The third-order valence-electron chi connectivity index (χ3n) is 3.39. The zero-order chi connectivity index (χ0) is 13.1. The van der Waals surface area contributed by atoms with Crippen molar-refractivity contribution in [1.82, 2.24) is 19.9 Å². The van der Waals surface area contributed by atoms with Gasteiger partial charge in [-0.1, -0.05) is 13.8 Å². The van der Waals surface area contributed by atoms with E-state index in [9.17, 15) is 0 Å². The van der Waals surface area contributed by atoms with E-state index in [4.69, 9.17) is 11.5 Å². The molecule has 6 nitrogen and oxygen atoms in total. The maximum Gasteiger partial charge on any atom is 0.225 e. The molecule has 0 radical (unpaired) electrons. The highest BCUT2D eigenvalue weighted by atomic mass is 15.2. The van der Waals surface area contributed by atoms with Crippen molar-refractivity contribution < 1.29 is 0 Å². The topological polar surface area (TPSA) is 94.0 Å². The molecule has 0 amide bonds. The van der Waals surface area contributed by atoms with Gasteiger partial charge in [0.1, 0.15) is 5.82 Å². The zero-order valence-electron chi connectivity index (χ0n) is 11.1. The molecular formula is C12H22N6. The van der Waals surface area contributed by atoms with Gasteiger partial charge in [0.05, 0.1) is 6.54 Å². The fourth-order valence-electron chi connectivity index (χ4n) is 2.69. The number of nitrogens with zero attached hydrogens (tertiary/aromatic N) is 4. The Kier molecular flexibility index (Phi) is 3.96. The SMILES string of the molecule is C[C@@H]1CCN(Cc2nc(N)nc(N)n2)C[C@H](C)C1. The predicted octanol–water partition coefficient (Wildman–Crippen LogP) is 0.904. The molecule has 0 aliphatic carbocycles. The van der Waals surface area contributed by atoms with E-state index in [0.29, 0.717) is 18.3 Å². The monoisotopic (exact) mass is 250 g/mol. The highest BCUT2D eigenvalue weighted by Gasteiger charge is 2.20. The second kappa shape index (κ2) is 5.48. The van der Waals surface area contributed by atoms with E-state index < -0.39 is 0 Å². The summed E-state index contributed by atoms with van der Waals surface area (Å²) in [7, 11) is 0. The molecule has 4 N–H and O–H groups in total. The van der Waals surface area contributed by atoms with Crippen LogP contribution < -0.4 is 11.5 Å². The molecule has 1 fully saturated rings. The van der Waals surface area contributed by atoms with Gasteiger partial charge in [-0.05, 0) is 31.2 Å². The lowest BCUT2D eigenvalue weighted by atomic mass is 9.97. The molecule has 0 saturated carbocycles. The smallest absolute Gasteiger partial charge is 0.225 e. The van der Waals surface area contributed by atoms with Gasteiger partial charge >= 0.3 is 0 Å². The Morgan fingerprint density at radius 1 is 1.11 bits per heavy atom. The van der Waals surface area contributed by atoms with Crippen molar-refractivity contribution >= 4 is 11.9 Å². The van der Waals surface area contributed by atoms with Gasteiger partial charge in [0.2, 0.25) is 11.9 Å². The van der Waals surface area contributed by atoms with E-state index in [1.54, 1.807) is 0 Å². The summed E-state index contributed by atoms with van der Waals surface area (Å²) in [6, 6.07) is 0. The lowest BCUT2D eigenvalue weighted by Crippen LogP contribution is -2.28.